The summed E-state index contributed by atoms with van der Waals surface area (Å²) in [6, 6.07) is 0. The molecule has 0 aliphatic rings. The Morgan fingerprint density at radius 2 is 2.15 bits per heavy atom. The number of nitrogens with zero attached hydrogens (tertiary/aromatic N) is 2. The first-order valence-electron chi connectivity index (χ1n) is 4.12. The third kappa shape index (κ3) is 2.34. The molecule has 1 heterocycles. The minimum atomic E-state index is 0.00907. The molecule has 0 saturated heterocycles. The van der Waals surface area contributed by atoms with Gasteiger partial charge in [-0.05, 0) is 39.2 Å². The lowest BCUT2D eigenvalue weighted by Crippen LogP contribution is -2.24. The van der Waals surface area contributed by atoms with E-state index in [9.17, 15) is 0 Å². The number of H-pyrrole nitrogens is 1. The summed E-state index contributed by atoms with van der Waals surface area (Å²) in [6.45, 7) is 6.38. The first kappa shape index (κ1) is 10.8. The molecule has 0 aliphatic heterocycles. The molecule has 0 bridgehead atoms. The van der Waals surface area contributed by atoms with Gasteiger partial charge < -0.3 is 0 Å². The van der Waals surface area contributed by atoms with Crippen LogP contribution < -0.4 is 0 Å². The largest absolute Gasteiger partial charge is 0.298 e. The number of rotatable bonds is 2. The van der Waals surface area contributed by atoms with Crippen molar-refractivity contribution in [1.82, 2.24) is 14.8 Å². The van der Waals surface area contributed by atoms with Crippen molar-refractivity contribution >= 4 is 24.0 Å². The molecule has 3 nitrogen and oxygen atoms in total. The molecule has 1 N–H and O–H groups in total. The molecule has 0 amide bonds. The van der Waals surface area contributed by atoms with E-state index in [-0.39, 0.29) is 5.54 Å². The van der Waals surface area contributed by atoms with E-state index < -0.39 is 0 Å². The predicted octanol–water partition coefficient (Wildman–Crippen LogP) is 2.56. The van der Waals surface area contributed by atoms with Crippen molar-refractivity contribution in [3.05, 3.63) is 10.6 Å². The summed E-state index contributed by atoms with van der Waals surface area (Å²) >= 11 is 6.92. The SMILES string of the molecule is CSCc1n[nH]c(=S)n1C(C)(C)C. The van der Waals surface area contributed by atoms with Crippen LogP contribution in [0.2, 0.25) is 0 Å². The zero-order chi connectivity index (χ0) is 10.1. The van der Waals surface area contributed by atoms with Crippen molar-refractivity contribution in [2.75, 3.05) is 6.26 Å². The second-order valence-electron chi connectivity index (χ2n) is 3.88. The summed E-state index contributed by atoms with van der Waals surface area (Å²) in [5, 5.41) is 7.03. The van der Waals surface area contributed by atoms with Crippen LogP contribution in [0.15, 0.2) is 0 Å². The van der Waals surface area contributed by atoms with Crippen molar-refractivity contribution in [3.8, 4) is 0 Å². The molecule has 1 aromatic rings. The normalized spacial score (nSPS) is 12.0. The molecule has 0 atom stereocenters. The molecule has 13 heavy (non-hydrogen) atoms. The summed E-state index contributed by atoms with van der Waals surface area (Å²) < 4.78 is 2.77. The third-order valence-corrected chi connectivity index (χ3v) is 2.51. The Kier molecular flexibility index (Phi) is 3.18. The highest BCUT2D eigenvalue weighted by molar-refractivity contribution is 7.97. The van der Waals surface area contributed by atoms with E-state index in [1.807, 2.05) is 0 Å². The number of nitrogens with one attached hydrogen (secondary N) is 1. The van der Waals surface area contributed by atoms with Gasteiger partial charge in [0.25, 0.3) is 0 Å². The van der Waals surface area contributed by atoms with Crippen LogP contribution in [-0.2, 0) is 11.3 Å². The van der Waals surface area contributed by atoms with Gasteiger partial charge in [-0.3, -0.25) is 9.67 Å². The van der Waals surface area contributed by atoms with Crippen molar-refractivity contribution in [2.45, 2.75) is 32.1 Å². The number of hydrogen-bond donors (Lipinski definition) is 1. The van der Waals surface area contributed by atoms with Crippen LogP contribution in [0.5, 0.6) is 0 Å². The zero-order valence-corrected chi connectivity index (χ0v) is 10.1. The number of aromatic amines is 1. The summed E-state index contributed by atoms with van der Waals surface area (Å²) in [4.78, 5) is 0. The van der Waals surface area contributed by atoms with Gasteiger partial charge in [0, 0.05) is 5.54 Å². The first-order chi connectivity index (χ1) is 5.96. The summed E-state index contributed by atoms with van der Waals surface area (Å²) in [6.07, 6.45) is 2.06. The third-order valence-electron chi connectivity index (χ3n) is 1.69. The Morgan fingerprint density at radius 1 is 1.54 bits per heavy atom. The first-order valence-corrected chi connectivity index (χ1v) is 5.92. The molecule has 1 rings (SSSR count). The monoisotopic (exact) mass is 217 g/mol. The number of aromatic nitrogens is 3. The van der Waals surface area contributed by atoms with Gasteiger partial charge in [-0.15, -0.1) is 0 Å². The van der Waals surface area contributed by atoms with Gasteiger partial charge in [0.05, 0.1) is 5.75 Å². The smallest absolute Gasteiger partial charge is 0.195 e. The topological polar surface area (TPSA) is 33.6 Å². The minimum absolute atomic E-state index is 0.00907. The molecule has 74 valence electrons. The van der Waals surface area contributed by atoms with Crippen LogP contribution >= 0.6 is 24.0 Å². The van der Waals surface area contributed by atoms with Crippen molar-refractivity contribution in [2.24, 2.45) is 0 Å². The average Bonchev–Trinajstić information content (AvgIpc) is 2.31. The van der Waals surface area contributed by atoms with Gasteiger partial charge in [0.1, 0.15) is 5.82 Å². The maximum Gasteiger partial charge on any atom is 0.195 e. The van der Waals surface area contributed by atoms with Crippen LogP contribution in [0.25, 0.3) is 0 Å². The Morgan fingerprint density at radius 3 is 2.62 bits per heavy atom. The fourth-order valence-electron chi connectivity index (χ4n) is 1.25. The molecule has 1 aromatic heterocycles. The molecular weight excluding hydrogens is 202 g/mol. The van der Waals surface area contributed by atoms with E-state index in [0.717, 1.165) is 11.6 Å². The van der Waals surface area contributed by atoms with Gasteiger partial charge in [-0.25, -0.2) is 0 Å². The van der Waals surface area contributed by atoms with Gasteiger partial charge in [0.15, 0.2) is 4.77 Å². The standard InChI is InChI=1S/C8H15N3S2/c1-8(2,3)11-6(5-13-4)9-10-7(11)12/h5H2,1-4H3,(H,10,12). The summed E-state index contributed by atoms with van der Waals surface area (Å²) in [5.74, 6) is 1.91. The molecule has 0 aromatic carbocycles. The Labute approximate surface area is 87.9 Å². The quantitative estimate of drug-likeness (QED) is 0.773. The maximum atomic E-state index is 5.17. The van der Waals surface area contributed by atoms with Crippen LogP contribution in [-0.4, -0.2) is 21.0 Å². The average molecular weight is 217 g/mol. The lowest BCUT2D eigenvalue weighted by atomic mass is 10.1. The van der Waals surface area contributed by atoms with Gasteiger partial charge in [-0.1, -0.05) is 0 Å². The van der Waals surface area contributed by atoms with E-state index in [4.69, 9.17) is 12.2 Å². The van der Waals surface area contributed by atoms with E-state index in [1.165, 1.54) is 0 Å². The molecule has 0 spiro atoms. The molecule has 0 saturated carbocycles. The Balaban J connectivity index is 3.17. The lowest BCUT2D eigenvalue weighted by Gasteiger charge is -2.22. The fraction of sp³-hybridized carbons (Fsp3) is 0.750. The van der Waals surface area contributed by atoms with Crippen molar-refractivity contribution in [1.29, 1.82) is 0 Å². The Bertz CT molecular complexity index is 332. The van der Waals surface area contributed by atoms with Crippen LogP contribution in [0, 0.1) is 4.77 Å². The molecule has 0 unspecified atom stereocenters. The molecular formula is C8H15N3S2. The van der Waals surface area contributed by atoms with E-state index in [1.54, 1.807) is 11.8 Å². The van der Waals surface area contributed by atoms with E-state index in [0.29, 0.717) is 4.77 Å². The zero-order valence-electron chi connectivity index (χ0n) is 8.42. The highest BCUT2D eigenvalue weighted by Crippen LogP contribution is 2.18. The van der Waals surface area contributed by atoms with Gasteiger partial charge >= 0.3 is 0 Å². The fourth-order valence-corrected chi connectivity index (χ4v) is 2.12. The second kappa shape index (κ2) is 3.84. The molecule has 5 heteroatoms. The molecule has 0 fully saturated rings. The van der Waals surface area contributed by atoms with Crippen LogP contribution in [0.3, 0.4) is 0 Å². The van der Waals surface area contributed by atoms with E-state index in [2.05, 4.69) is 41.8 Å². The summed E-state index contributed by atoms with van der Waals surface area (Å²) in [5.41, 5.74) is 0.00907. The van der Waals surface area contributed by atoms with Crippen LogP contribution in [0.1, 0.15) is 26.6 Å². The lowest BCUT2D eigenvalue weighted by molar-refractivity contribution is 0.382. The highest BCUT2D eigenvalue weighted by Gasteiger charge is 2.18. The maximum absolute atomic E-state index is 5.17. The highest BCUT2D eigenvalue weighted by atomic mass is 32.2. The van der Waals surface area contributed by atoms with E-state index >= 15 is 0 Å². The minimum Gasteiger partial charge on any atom is -0.298 e. The number of hydrogen-bond acceptors (Lipinski definition) is 3. The van der Waals surface area contributed by atoms with Crippen molar-refractivity contribution < 1.29 is 0 Å². The molecule has 0 radical (unpaired) electrons. The Hall–Kier alpha value is -0.290. The van der Waals surface area contributed by atoms with Crippen molar-refractivity contribution in [3.63, 3.8) is 0 Å². The van der Waals surface area contributed by atoms with Crippen LogP contribution in [0.4, 0.5) is 0 Å². The van der Waals surface area contributed by atoms with Gasteiger partial charge in [0.2, 0.25) is 0 Å². The predicted molar refractivity (Wildman–Crippen MR) is 59.6 cm³/mol. The number of thioether (sulfide) groups is 1. The molecule has 0 aliphatic carbocycles. The van der Waals surface area contributed by atoms with Gasteiger partial charge in [-0.2, -0.15) is 16.9 Å². The second-order valence-corrected chi connectivity index (χ2v) is 5.14. The summed E-state index contributed by atoms with van der Waals surface area (Å²) in [7, 11) is 0.